The Morgan fingerprint density at radius 1 is 1.37 bits per heavy atom. The van der Waals surface area contributed by atoms with Gasteiger partial charge < -0.3 is 5.32 Å². The van der Waals surface area contributed by atoms with E-state index in [1.165, 1.54) is 11.9 Å². The van der Waals surface area contributed by atoms with E-state index in [9.17, 15) is 4.79 Å². The molecule has 0 saturated carbocycles. The maximum absolute atomic E-state index is 11.8. The van der Waals surface area contributed by atoms with Crippen LogP contribution in [-0.4, -0.2) is 27.6 Å². The van der Waals surface area contributed by atoms with Gasteiger partial charge in [-0.3, -0.25) is 9.89 Å². The molecule has 0 aliphatic rings. The first kappa shape index (κ1) is 13.3. The summed E-state index contributed by atoms with van der Waals surface area (Å²) >= 11 is 0. The number of nitrogens with zero attached hydrogens (tertiary/aromatic N) is 2. The molecule has 0 fully saturated rings. The van der Waals surface area contributed by atoms with E-state index in [0.29, 0.717) is 19.4 Å². The highest BCUT2D eigenvalue weighted by atomic mass is 16.1. The number of H-pyrrole nitrogens is 1. The number of aryl methyl sites for hydroxylation is 2. The second kappa shape index (κ2) is 6.13. The molecule has 0 saturated heterocycles. The van der Waals surface area contributed by atoms with Crippen molar-refractivity contribution in [3.05, 3.63) is 47.0 Å². The lowest BCUT2D eigenvalue weighted by Crippen LogP contribution is -2.27. The summed E-state index contributed by atoms with van der Waals surface area (Å²) < 4.78 is 0. The molecule has 0 radical (unpaired) electrons. The van der Waals surface area contributed by atoms with Gasteiger partial charge in [0.1, 0.15) is 12.2 Å². The molecule has 2 N–H and O–H groups in total. The highest BCUT2D eigenvalue weighted by molar-refractivity contribution is 5.78. The van der Waals surface area contributed by atoms with Gasteiger partial charge in [0.25, 0.3) is 0 Å². The first-order valence-corrected chi connectivity index (χ1v) is 6.32. The largest absolute Gasteiger partial charge is 0.355 e. The van der Waals surface area contributed by atoms with E-state index in [1.807, 2.05) is 19.9 Å². The van der Waals surface area contributed by atoms with Gasteiger partial charge in [0, 0.05) is 13.0 Å². The van der Waals surface area contributed by atoms with Gasteiger partial charge in [-0.2, -0.15) is 5.10 Å². The molecule has 0 unspecified atom stereocenters. The minimum atomic E-state index is 0.0354. The molecule has 19 heavy (non-hydrogen) atoms. The van der Waals surface area contributed by atoms with E-state index in [1.54, 1.807) is 0 Å². The predicted octanol–water partition coefficient (Wildman–Crippen LogP) is 1.32. The van der Waals surface area contributed by atoms with Crippen LogP contribution in [0.3, 0.4) is 0 Å². The van der Waals surface area contributed by atoms with Gasteiger partial charge in [-0.05, 0) is 25.0 Å². The number of carbonyl (C=O) groups is 1. The Balaban J connectivity index is 1.82. The minimum absolute atomic E-state index is 0.0354. The van der Waals surface area contributed by atoms with Crippen molar-refractivity contribution < 1.29 is 4.79 Å². The lowest BCUT2D eigenvalue weighted by atomic mass is 10.0. The van der Waals surface area contributed by atoms with Crippen molar-refractivity contribution in [2.75, 3.05) is 6.54 Å². The van der Waals surface area contributed by atoms with Crippen molar-refractivity contribution in [3.8, 4) is 0 Å². The van der Waals surface area contributed by atoms with E-state index in [-0.39, 0.29) is 5.91 Å². The lowest BCUT2D eigenvalue weighted by molar-refractivity contribution is -0.120. The standard InChI is InChI=1S/C14H18N4O/c1-10-3-4-11(2)12(7-10)8-14(19)15-6-5-13-16-9-17-18-13/h3-4,7,9H,5-6,8H2,1-2H3,(H,15,19)(H,16,17,18). The van der Waals surface area contributed by atoms with Crippen LogP contribution >= 0.6 is 0 Å². The van der Waals surface area contributed by atoms with Crippen LogP contribution in [0.25, 0.3) is 0 Å². The van der Waals surface area contributed by atoms with Crippen LogP contribution in [-0.2, 0) is 17.6 Å². The maximum atomic E-state index is 11.8. The van der Waals surface area contributed by atoms with E-state index >= 15 is 0 Å². The molecule has 1 amide bonds. The average molecular weight is 258 g/mol. The van der Waals surface area contributed by atoms with Crippen molar-refractivity contribution >= 4 is 5.91 Å². The Kier molecular flexibility index (Phi) is 4.28. The van der Waals surface area contributed by atoms with Crippen LogP contribution in [0.5, 0.6) is 0 Å². The summed E-state index contributed by atoms with van der Waals surface area (Å²) in [5.41, 5.74) is 3.41. The van der Waals surface area contributed by atoms with Crippen molar-refractivity contribution in [2.45, 2.75) is 26.7 Å². The number of carbonyl (C=O) groups excluding carboxylic acids is 1. The third kappa shape index (κ3) is 3.91. The van der Waals surface area contributed by atoms with Crippen LogP contribution in [0.1, 0.15) is 22.5 Å². The van der Waals surface area contributed by atoms with Gasteiger partial charge in [0.05, 0.1) is 6.42 Å². The number of hydrogen-bond donors (Lipinski definition) is 2. The van der Waals surface area contributed by atoms with E-state index in [0.717, 1.165) is 17.0 Å². The van der Waals surface area contributed by atoms with Crippen LogP contribution in [0, 0.1) is 13.8 Å². The topological polar surface area (TPSA) is 70.7 Å². The molecule has 5 heteroatoms. The van der Waals surface area contributed by atoms with E-state index < -0.39 is 0 Å². The predicted molar refractivity (Wildman–Crippen MR) is 72.7 cm³/mol. The summed E-state index contributed by atoms with van der Waals surface area (Å²) in [5, 5.41) is 9.41. The number of amides is 1. The van der Waals surface area contributed by atoms with Gasteiger partial charge in [-0.15, -0.1) is 0 Å². The molecule has 2 aromatic rings. The fourth-order valence-electron chi connectivity index (χ4n) is 1.90. The Labute approximate surface area is 112 Å². The zero-order chi connectivity index (χ0) is 13.7. The van der Waals surface area contributed by atoms with Gasteiger partial charge in [0.2, 0.25) is 5.91 Å². The van der Waals surface area contributed by atoms with Gasteiger partial charge in [0.15, 0.2) is 0 Å². The molecule has 5 nitrogen and oxygen atoms in total. The molecule has 1 aromatic carbocycles. The lowest BCUT2D eigenvalue weighted by Gasteiger charge is -2.07. The molecule has 0 aliphatic carbocycles. The van der Waals surface area contributed by atoms with Crippen LogP contribution in [0.4, 0.5) is 0 Å². The molecular weight excluding hydrogens is 240 g/mol. The Bertz CT molecular complexity index is 549. The first-order chi connectivity index (χ1) is 9.15. The van der Waals surface area contributed by atoms with Gasteiger partial charge >= 0.3 is 0 Å². The summed E-state index contributed by atoms with van der Waals surface area (Å²) in [7, 11) is 0. The highest BCUT2D eigenvalue weighted by Crippen LogP contribution is 2.11. The number of hydrogen-bond acceptors (Lipinski definition) is 3. The van der Waals surface area contributed by atoms with Crippen LogP contribution < -0.4 is 5.32 Å². The third-order valence-corrected chi connectivity index (χ3v) is 3.00. The number of rotatable bonds is 5. The van der Waals surface area contributed by atoms with Crippen molar-refractivity contribution in [1.82, 2.24) is 20.5 Å². The number of nitrogens with one attached hydrogen (secondary N) is 2. The van der Waals surface area contributed by atoms with E-state index in [2.05, 4.69) is 32.6 Å². The number of aromatic nitrogens is 3. The smallest absolute Gasteiger partial charge is 0.224 e. The fourth-order valence-corrected chi connectivity index (χ4v) is 1.90. The molecule has 100 valence electrons. The minimum Gasteiger partial charge on any atom is -0.355 e. The zero-order valence-corrected chi connectivity index (χ0v) is 11.2. The maximum Gasteiger partial charge on any atom is 0.224 e. The fraction of sp³-hybridized carbons (Fsp3) is 0.357. The van der Waals surface area contributed by atoms with E-state index in [4.69, 9.17) is 0 Å². The highest BCUT2D eigenvalue weighted by Gasteiger charge is 2.06. The summed E-state index contributed by atoms with van der Waals surface area (Å²) in [5.74, 6) is 0.820. The SMILES string of the molecule is Cc1ccc(C)c(CC(=O)NCCc2ncn[nH]2)c1. The summed E-state index contributed by atoms with van der Waals surface area (Å²) in [6.45, 7) is 4.63. The second-order valence-corrected chi connectivity index (χ2v) is 4.64. The molecule has 2 rings (SSSR count). The van der Waals surface area contributed by atoms with Gasteiger partial charge in [-0.25, -0.2) is 4.98 Å². The molecule has 0 spiro atoms. The third-order valence-electron chi connectivity index (χ3n) is 3.00. The van der Waals surface area contributed by atoms with Crippen LogP contribution in [0.2, 0.25) is 0 Å². The Hall–Kier alpha value is -2.17. The van der Waals surface area contributed by atoms with Gasteiger partial charge in [-0.1, -0.05) is 23.8 Å². The molecule has 1 aromatic heterocycles. The Morgan fingerprint density at radius 3 is 2.95 bits per heavy atom. The van der Waals surface area contributed by atoms with Crippen molar-refractivity contribution in [3.63, 3.8) is 0 Å². The molecule has 0 aliphatic heterocycles. The molecule has 0 bridgehead atoms. The van der Waals surface area contributed by atoms with Crippen molar-refractivity contribution in [1.29, 1.82) is 0 Å². The second-order valence-electron chi connectivity index (χ2n) is 4.64. The Morgan fingerprint density at radius 2 is 2.21 bits per heavy atom. The normalized spacial score (nSPS) is 10.4. The summed E-state index contributed by atoms with van der Waals surface area (Å²) in [4.78, 5) is 15.9. The summed E-state index contributed by atoms with van der Waals surface area (Å²) in [6.07, 6.45) is 2.55. The average Bonchev–Trinajstić information content (AvgIpc) is 2.87. The number of aromatic amines is 1. The molecule has 0 atom stereocenters. The zero-order valence-electron chi connectivity index (χ0n) is 11.2. The summed E-state index contributed by atoms with van der Waals surface area (Å²) in [6, 6.07) is 6.17. The number of benzene rings is 1. The molecule has 1 heterocycles. The van der Waals surface area contributed by atoms with Crippen molar-refractivity contribution in [2.24, 2.45) is 0 Å². The quantitative estimate of drug-likeness (QED) is 0.849. The monoisotopic (exact) mass is 258 g/mol. The van der Waals surface area contributed by atoms with Crippen LogP contribution in [0.15, 0.2) is 24.5 Å². The molecular formula is C14H18N4O. The first-order valence-electron chi connectivity index (χ1n) is 6.32.